The van der Waals surface area contributed by atoms with Crippen LogP contribution in [0.5, 0.6) is 0 Å². The second-order valence-electron chi connectivity index (χ2n) is 4.77. The van der Waals surface area contributed by atoms with E-state index in [1.165, 1.54) is 5.56 Å². The highest BCUT2D eigenvalue weighted by molar-refractivity contribution is 7.07. The number of aryl methyl sites for hydroxylation is 1. The molecule has 0 atom stereocenters. The number of hydrogen-bond donors (Lipinski definition) is 1. The molecule has 1 N–H and O–H groups in total. The number of nitrogens with one attached hydrogen (secondary N) is 1. The molecule has 1 aromatic carbocycles. The predicted octanol–water partition coefficient (Wildman–Crippen LogP) is 3.21. The zero-order chi connectivity index (χ0) is 14.0. The summed E-state index contributed by atoms with van der Waals surface area (Å²) in [5, 5.41) is 4.97. The fourth-order valence-electron chi connectivity index (χ4n) is 2.04. The van der Waals surface area contributed by atoms with E-state index in [0.717, 1.165) is 31.4 Å². The van der Waals surface area contributed by atoms with Crippen LogP contribution in [-0.2, 0) is 17.6 Å². The summed E-state index contributed by atoms with van der Waals surface area (Å²) in [4.78, 5) is 15.8. The van der Waals surface area contributed by atoms with Crippen molar-refractivity contribution in [1.82, 2.24) is 10.3 Å². The van der Waals surface area contributed by atoms with E-state index < -0.39 is 0 Å². The predicted molar refractivity (Wildman–Crippen MR) is 82.8 cm³/mol. The van der Waals surface area contributed by atoms with Crippen LogP contribution in [0.2, 0.25) is 0 Å². The Bertz CT molecular complexity index is 496. The molecule has 1 heterocycles. The van der Waals surface area contributed by atoms with E-state index in [1.54, 1.807) is 11.3 Å². The van der Waals surface area contributed by atoms with Crippen molar-refractivity contribution in [3.05, 3.63) is 52.5 Å². The standard InChI is InChI=1S/C16H20N2OS/c19-16(17-11-10-15-12-20-13-18-15)9-5-4-8-14-6-2-1-3-7-14/h1-3,6-7,12-13H,4-5,8-11H2,(H,17,19). The molecule has 4 heteroatoms. The largest absolute Gasteiger partial charge is 0.356 e. The van der Waals surface area contributed by atoms with Gasteiger partial charge < -0.3 is 5.32 Å². The highest BCUT2D eigenvalue weighted by Crippen LogP contribution is 2.06. The normalized spacial score (nSPS) is 10.4. The fourth-order valence-corrected chi connectivity index (χ4v) is 2.63. The molecule has 0 aliphatic heterocycles. The van der Waals surface area contributed by atoms with Crippen LogP contribution in [0.25, 0.3) is 0 Å². The Balaban J connectivity index is 1.52. The zero-order valence-electron chi connectivity index (χ0n) is 11.5. The SMILES string of the molecule is O=C(CCCCc1ccccc1)NCCc1cscn1. The van der Waals surface area contributed by atoms with Crippen molar-refractivity contribution in [3.63, 3.8) is 0 Å². The third-order valence-electron chi connectivity index (χ3n) is 3.15. The van der Waals surface area contributed by atoms with Gasteiger partial charge in [-0.2, -0.15) is 0 Å². The molecular weight excluding hydrogens is 268 g/mol. The van der Waals surface area contributed by atoms with Crippen molar-refractivity contribution in [2.24, 2.45) is 0 Å². The van der Waals surface area contributed by atoms with Crippen LogP contribution in [0.4, 0.5) is 0 Å². The van der Waals surface area contributed by atoms with Crippen molar-refractivity contribution in [3.8, 4) is 0 Å². The molecule has 0 unspecified atom stereocenters. The van der Waals surface area contributed by atoms with Gasteiger partial charge in [-0.05, 0) is 24.8 Å². The Hall–Kier alpha value is -1.68. The second-order valence-corrected chi connectivity index (χ2v) is 5.49. The van der Waals surface area contributed by atoms with Crippen molar-refractivity contribution < 1.29 is 4.79 Å². The lowest BCUT2D eigenvalue weighted by molar-refractivity contribution is -0.121. The van der Waals surface area contributed by atoms with Gasteiger partial charge in [0.15, 0.2) is 0 Å². The summed E-state index contributed by atoms with van der Waals surface area (Å²) in [6.45, 7) is 0.682. The Morgan fingerprint density at radius 1 is 1.15 bits per heavy atom. The van der Waals surface area contributed by atoms with E-state index >= 15 is 0 Å². The molecule has 2 aromatic rings. The highest BCUT2D eigenvalue weighted by Gasteiger charge is 2.02. The molecule has 3 nitrogen and oxygen atoms in total. The summed E-state index contributed by atoms with van der Waals surface area (Å²) < 4.78 is 0. The van der Waals surface area contributed by atoms with Gasteiger partial charge in [-0.1, -0.05) is 30.3 Å². The van der Waals surface area contributed by atoms with Crippen molar-refractivity contribution in [2.75, 3.05) is 6.54 Å². The Kier molecular flexibility index (Phi) is 6.24. The van der Waals surface area contributed by atoms with Crippen LogP contribution < -0.4 is 5.32 Å². The van der Waals surface area contributed by atoms with Gasteiger partial charge >= 0.3 is 0 Å². The van der Waals surface area contributed by atoms with Gasteiger partial charge in [0.05, 0.1) is 11.2 Å². The van der Waals surface area contributed by atoms with Crippen LogP contribution in [0, 0.1) is 0 Å². The molecule has 1 amide bonds. The van der Waals surface area contributed by atoms with E-state index in [0.29, 0.717) is 13.0 Å². The fraction of sp³-hybridized carbons (Fsp3) is 0.375. The second kappa shape index (κ2) is 8.48. The Morgan fingerprint density at radius 3 is 2.75 bits per heavy atom. The monoisotopic (exact) mass is 288 g/mol. The maximum atomic E-state index is 11.7. The summed E-state index contributed by atoms with van der Waals surface area (Å²) >= 11 is 1.59. The van der Waals surface area contributed by atoms with Gasteiger partial charge in [0.1, 0.15) is 0 Å². The van der Waals surface area contributed by atoms with Gasteiger partial charge in [-0.25, -0.2) is 4.98 Å². The summed E-state index contributed by atoms with van der Waals surface area (Å²) in [7, 11) is 0. The smallest absolute Gasteiger partial charge is 0.220 e. The van der Waals surface area contributed by atoms with Crippen LogP contribution in [0.15, 0.2) is 41.2 Å². The third kappa shape index (κ3) is 5.53. The molecular formula is C16H20N2OS. The van der Waals surface area contributed by atoms with Crippen LogP contribution >= 0.6 is 11.3 Å². The van der Waals surface area contributed by atoms with E-state index in [1.807, 2.05) is 17.0 Å². The summed E-state index contributed by atoms with van der Waals surface area (Å²) in [5.74, 6) is 0.147. The first kappa shape index (κ1) is 14.7. The molecule has 0 saturated heterocycles. The molecule has 20 heavy (non-hydrogen) atoms. The molecule has 0 aliphatic rings. The molecule has 106 valence electrons. The minimum absolute atomic E-state index is 0.147. The Labute approximate surface area is 124 Å². The lowest BCUT2D eigenvalue weighted by Gasteiger charge is -2.04. The molecule has 0 bridgehead atoms. The average molecular weight is 288 g/mol. The van der Waals surface area contributed by atoms with E-state index in [4.69, 9.17) is 0 Å². The number of benzene rings is 1. The van der Waals surface area contributed by atoms with E-state index in [9.17, 15) is 4.79 Å². The first-order chi connectivity index (χ1) is 9.84. The number of thiazole rings is 1. The summed E-state index contributed by atoms with van der Waals surface area (Å²) in [5.41, 5.74) is 4.22. The maximum Gasteiger partial charge on any atom is 0.220 e. The number of amides is 1. The lowest BCUT2D eigenvalue weighted by atomic mass is 10.1. The Morgan fingerprint density at radius 2 is 2.00 bits per heavy atom. The van der Waals surface area contributed by atoms with E-state index in [2.05, 4.69) is 34.6 Å². The van der Waals surface area contributed by atoms with Crippen LogP contribution in [-0.4, -0.2) is 17.4 Å². The van der Waals surface area contributed by atoms with Gasteiger partial charge in [-0.3, -0.25) is 4.79 Å². The van der Waals surface area contributed by atoms with Crippen molar-refractivity contribution >= 4 is 17.2 Å². The van der Waals surface area contributed by atoms with Crippen molar-refractivity contribution in [2.45, 2.75) is 32.1 Å². The lowest BCUT2D eigenvalue weighted by Crippen LogP contribution is -2.25. The number of carbonyl (C=O) groups excluding carboxylic acids is 1. The van der Waals surface area contributed by atoms with Crippen LogP contribution in [0.1, 0.15) is 30.5 Å². The van der Waals surface area contributed by atoms with Gasteiger partial charge in [-0.15, -0.1) is 11.3 Å². The summed E-state index contributed by atoms with van der Waals surface area (Å²) in [6, 6.07) is 10.4. The minimum Gasteiger partial charge on any atom is -0.356 e. The first-order valence-electron chi connectivity index (χ1n) is 7.02. The maximum absolute atomic E-state index is 11.7. The molecule has 0 radical (unpaired) electrons. The number of nitrogens with zero attached hydrogens (tertiary/aromatic N) is 1. The number of carbonyl (C=O) groups is 1. The molecule has 0 saturated carbocycles. The highest BCUT2D eigenvalue weighted by atomic mass is 32.1. The molecule has 0 spiro atoms. The first-order valence-corrected chi connectivity index (χ1v) is 7.96. The molecule has 0 aliphatic carbocycles. The number of rotatable bonds is 8. The third-order valence-corrected chi connectivity index (χ3v) is 3.78. The van der Waals surface area contributed by atoms with Crippen molar-refractivity contribution in [1.29, 1.82) is 0 Å². The van der Waals surface area contributed by atoms with E-state index in [-0.39, 0.29) is 5.91 Å². The quantitative estimate of drug-likeness (QED) is 0.758. The zero-order valence-corrected chi connectivity index (χ0v) is 12.4. The molecule has 0 fully saturated rings. The number of unbranched alkanes of at least 4 members (excludes halogenated alkanes) is 1. The number of hydrogen-bond acceptors (Lipinski definition) is 3. The van der Waals surface area contributed by atoms with Gasteiger partial charge in [0, 0.05) is 24.8 Å². The minimum atomic E-state index is 0.147. The molecule has 2 rings (SSSR count). The summed E-state index contributed by atoms with van der Waals surface area (Å²) in [6.07, 6.45) is 4.48. The van der Waals surface area contributed by atoms with Crippen LogP contribution in [0.3, 0.4) is 0 Å². The molecule has 1 aromatic heterocycles. The number of aromatic nitrogens is 1. The average Bonchev–Trinajstić information content (AvgIpc) is 2.98. The van der Waals surface area contributed by atoms with Gasteiger partial charge in [0.25, 0.3) is 0 Å². The van der Waals surface area contributed by atoms with Gasteiger partial charge in [0.2, 0.25) is 5.91 Å². The topological polar surface area (TPSA) is 42.0 Å².